The van der Waals surface area contributed by atoms with Crippen molar-refractivity contribution in [2.45, 2.75) is 30.8 Å². The summed E-state index contributed by atoms with van der Waals surface area (Å²) in [5.41, 5.74) is 0. The topological polar surface area (TPSA) is 31.0 Å². The molecule has 0 saturated carbocycles. The van der Waals surface area contributed by atoms with E-state index >= 15 is 0 Å². The summed E-state index contributed by atoms with van der Waals surface area (Å²) < 4.78 is 27.9. The van der Waals surface area contributed by atoms with Gasteiger partial charge in [-0.25, -0.2) is 4.39 Å². The lowest BCUT2D eigenvalue weighted by Crippen LogP contribution is -2.52. The molecule has 10 heavy (non-hydrogen) atoms. The van der Waals surface area contributed by atoms with Crippen LogP contribution in [-0.2, 0) is 14.2 Å². The molecule has 4 rings (SSSR count). The molecule has 4 saturated heterocycles. The molecule has 0 aromatic rings. The number of alkyl halides is 1. The monoisotopic (exact) mass is 146 g/mol. The van der Waals surface area contributed by atoms with Crippen LogP contribution < -0.4 is 0 Å². The molecule has 4 heteroatoms. The van der Waals surface area contributed by atoms with Crippen LogP contribution in [0.3, 0.4) is 0 Å². The summed E-state index contributed by atoms with van der Waals surface area (Å²) in [6, 6.07) is 0. The lowest BCUT2D eigenvalue weighted by molar-refractivity contribution is -0.244. The first-order valence-electron chi connectivity index (χ1n) is 3.43. The molecule has 0 aromatic carbocycles. The zero-order valence-corrected chi connectivity index (χ0v) is 5.20. The van der Waals surface area contributed by atoms with Crippen LogP contribution in [0.4, 0.5) is 4.39 Å². The minimum atomic E-state index is -1.26. The summed E-state index contributed by atoms with van der Waals surface area (Å²) in [5.74, 6) is 0. The van der Waals surface area contributed by atoms with Gasteiger partial charge >= 0.3 is 0 Å². The summed E-state index contributed by atoms with van der Waals surface area (Å²) in [7, 11) is 0. The Kier molecular flexibility index (Phi) is 0.829. The van der Waals surface area contributed by atoms with E-state index in [1.165, 1.54) is 0 Å². The van der Waals surface area contributed by atoms with Crippen LogP contribution in [0, 0.1) is 0 Å². The van der Waals surface area contributed by atoms with Gasteiger partial charge in [0.05, 0.1) is 6.61 Å². The Bertz CT molecular complexity index is 172. The number of halogens is 1. The smallest absolute Gasteiger partial charge is 0.228 e. The van der Waals surface area contributed by atoms with E-state index in [-0.39, 0.29) is 18.3 Å². The summed E-state index contributed by atoms with van der Waals surface area (Å²) in [6.07, 6.45) is -1.74. The summed E-state index contributed by atoms with van der Waals surface area (Å²) in [4.78, 5) is 0. The Morgan fingerprint density at radius 2 is 2.00 bits per heavy atom. The van der Waals surface area contributed by atoms with E-state index in [9.17, 15) is 4.39 Å². The Labute approximate surface area is 57.1 Å². The van der Waals surface area contributed by atoms with Gasteiger partial charge in [0.1, 0.15) is 24.4 Å². The number of fused-ring (bicyclic) bond motifs is 2. The highest BCUT2D eigenvalue weighted by molar-refractivity contribution is 5.05. The van der Waals surface area contributed by atoms with Crippen molar-refractivity contribution in [1.82, 2.24) is 0 Å². The molecule has 0 aliphatic carbocycles. The molecule has 0 N–H and O–H groups in total. The quantitative estimate of drug-likeness (QED) is 0.445. The SMILES string of the molecule is FC1O[C@@H]2CO[C@H]1[C@H]1O[C@H]12. The molecule has 0 aromatic heterocycles. The number of ether oxygens (including phenoxy) is 3. The van der Waals surface area contributed by atoms with Gasteiger partial charge in [0.15, 0.2) is 0 Å². The third kappa shape index (κ3) is 0.504. The molecular weight excluding hydrogens is 139 g/mol. The molecule has 5 atom stereocenters. The second-order valence-electron chi connectivity index (χ2n) is 2.89. The van der Waals surface area contributed by atoms with Gasteiger partial charge in [-0.15, -0.1) is 0 Å². The molecule has 4 heterocycles. The molecule has 0 radical (unpaired) electrons. The highest BCUT2D eigenvalue weighted by atomic mass is 19.1. The maximum atomic E-state index is 12.7. The molecule has 0 spiro atoms. The summed E-state index contributed by atoms with van der Waals surface area (Å²) >= 11 is 0. The largest absolute Gasteiger partial charge is 0.367 e. The van der Waals surface area contributed by atoms with Gasteiger partial charge in [0.2, 0.25) is 6.36 Å². The first kappa shape index (κ1) is 5.46. The van der Waals surface area contributed by atoms with Crippen molar-refractivity contribution < 1.29 is 18.6 Å². The van der Waals surface area contributed by atoms with Gasteiger partial charge in [-0.2, -0.15) is 0 Å². The van der Waals surface area contributed by atoms with E-state index in [1.807, 2.05) is 0 Å². The van der Waals surface area contributed by atoms with Crippen molar-refractivity contribution in [2.24, 2.45) is 0 Å². The van der Waals surface area contributed by atoms with Crippen LogP contribution in [0.1, 0.15) is 0 Å². The highest BCUT2D eigenvalue weighted by Gasteiger charge is 2.62. The van der Waals surface area contributed by atoms with Crippen LogP contribution in [0.5, 0.6) is 0 Å². The number of hydrogen-bond donors (Lipinski definition) is 0. The molecule has 56 valence electrons. The molecule has 3 nitrogen and oxygen atoms in total. The van der Waals surface area contributed by atoms with Crippen molar-refractivity contribution in [3.8, 4) is 0 Å². The van der Waals surface area contributed by atoms with Gasteiger partial charge in [-0.1, -0.05) is 0 Å². The van der Waals surface area contributed by atoms with Gasteiger partial charge < -0.3 is 14.2 Å². The van der Waals surface area contributed by atoms with Gasteiger partial charge in [0, 0.05) is 0 Å². The van der Waals surface area contributed by atoms with Crippen LogP contribution in [0.2, 0.25) is 0 Å². The third-order valence-electron chi connectivity index (χ3n) is 2.27. The normalized spacial score (nSPS) is 63.9. The van der Waals surface area contributed by atoms with E-state index in [4.69, 9.17) is 14.2 Å². The van der Waals surface area contributed by atoms with Gasteiger partial charge in [0.25, 0.3) is 0 Å². The third-order valence-corrected chi connectivity index (χ3v) is 2.27. The molecule has 4 fully saturated rings. The van der Waals surface area contributed by atoms with Crippen LogP contribution in [0.25, 0.3) is 0 Å². The first-order valence-corrected chi connectivity index (χ1v) is 3.43. The lowest BCUT2D eigenvalue weighted by Gasteiger charge is -2.34. The second kappa shape index (κ2) is 1.52. The molecular formula is C6H7FO3. The molecule has 2 bridgehead atoms. The van der Waals surface area contributed by atoms with Crippen LogP contribution in [0.15, 0.2) is 0 Å². The number of hydrogen-bond acceptors (Lipinski definition) is 3. The molecule has 0 amide bonds. The minimum absolute atomic E-state index is 0.0116. The standard InChI is InChI=1S/C6H7FO3/c7-6-5-4-3(10-4)2(9-6)1-8-5/h2-6H,1H2/t2-,3+,4+,5+,6?/m1/s1. The van der Waals surface area contributed by atoms with E-state index < -0.39 is 12.5 Å². The van der Waals surface area contributed by atoms with E-state index in [2.05, 4.69) is 0 Å². The fourth-order valence-corrected chi connectivity index (χ4v) is 1.68. The number of epoxide rings is 1. The molecule has 1 unspecified atom stereocenters. The van der Waals surface area contributed by atoms with E-state index in [0.717, 1.165) is 0 Å². The summed E-state index contributed by atoms with van der Waals surface area (Å²) in [6.45, 7) is 0.492. The highest BCUT2D eigenvalue weighted by Crippen LogP contribution is 2.43. The number of rotatable bonds is 0. The minimum Gasteiger partial charge on any atom is -0.367 e. The Morgan fingerprint density at radius 1 is 1.10 bits per heavy atom. The zero-order valence-electron chi connectivity index (χ0n) is 5.20. The maximum Gasteiger partial charge on any atom is 0.228 e. The zero-order chi connectivity index (χ0) is 6.72. The average Bonchev–Trinajstić information content (AvgIpc) is 2.66. The average molecular weight is 146 g/mol. The molecule has 4 aliphatic heterocycles. The Balaban J connectivity index is 1.92. The van der Waals surface area contributed by atoms with Gasteiger partial charge in [-0.3, -0.25) is 0 Å². The predicted octanol–water partition coefficient (Wildman–Crippen LogP) is -0.153. The van der Waals surface area contributed by atoms with Crippen molar-refractivity contribution in [3.05, 3.63) is 0 Å². The van der Waals surface area contributed by atoms with Crippen molar-refractivity contribution in [2.75, 3.05) is 6.61 Å². The Morgan fingerprint density at radius 3 is 2.60 bits per heavy atom. The van der Waals surface area contributed by atoms with Crippen molar-refractivity contribution >= 4 is 0 Å². The van der Waals surface area contributed by atoms with Crippen LogP contribution >= 0.6 is 0 Å². The Hall–Kier alpha value is -0.190. The van der Waals surface area contributed by atoms with E-state index in [0.29, 0.717) is 6.61 Å². The fourth-order valence-electron chi connectivity index (χ4n) is 1.68. The fraction of sp³-hybridized carbons (Fsp3) is 1.00. The van der Waals surface area contributed by atoms with Crippen molar-refractivity contribution in [1.29, 1.82) is 0 Å². The molecule has 4 aliphatic rings. The van der Waals surface area contributed by atoms with Crippen molar-refractivity contribution in [3.63, 3.8) is 0 Å². The first-order chi connectivity index (χ1) is 4.86. The maximum absolute atomic E-state index is 12.7. The van der Waals surface area contributed by atoms with Gasteiger partial charge in [-0.05, 0) is 0 Å². The predicted molar refractivity (Wildman–Crippen MR) is 28.2 cm³/mol. The lowest BCUT2D eigenvalue weighted by atomic mass is 10.0. The second-order valence-corrected chi connectivity index (χ2v) is 2.89. The van der Waals surface area contributed by atoms with E-state index in [1.54, 1.807) is 0 Å². The van der Waals surface area contributed by atoms with Crippen LogP contribution in [-0.4, -0.2) is 37.4 Å². The summed E-state index contributed by atoms with van der Waals surface area (Å²) in [5, 5.41) is 0.